The maximum atomic E-state index is 6.50. The molecular weight excluding hydrogens is 294 g/mol. The van der Waals surface area contributed by atoms with Crippen molar-refractivity contribution in [2.45, 2.75) is 13.2 Å². The van der Waals surface area contributed by atoms with Crippen molar-refractivity contribution in [3.8, 4) is 17.0 Å². The molecule has 0 fully saturated rings. The van der Waals surface area contributed by atoms with Crippen molar-refractivity contribution in [3.63, 3.8) is 0 Å². The second kappa shape index (κ2) is 5.00. The van der Waals surface area contributed by atoms with Crippen LogP contribution in [0.1, 0.15) is 17.4 Å². The molecule has 3 aromatic carbocycles. The summed E-state index contributed by atoms with van der Waals surface area (Å²) in [6, 6.07) is 27.6. The first kappa shape index (κ1) is 13.4. The minimum atomic E-state index is -0.144. The van der Waals surface area contributed by atoms with Crippen LogP contribution in [0.3, 0.4) is 0 Å². The van der Waals surface area contributed by atoms with Gasteiger partial charge < -0.3 is 9.30 Å². The summed E-state index contributed by atoms with van der Waals surface area (Å²) in [4.78, 5) is 0. The number of hydrogen-bond acceptors (Lipinski definition) is 1. The van der Waals surface area contributed by atoms with Crippen LogP contribution in [0.25, 0.3) is 22.2 Å². The van der Waals surface area contributed by atoms with Gasteiger partial charge in [0.2, 0.25) is 6.23 Å². The molecule has 2 heteroatoms. The molecule has 0 N–H and O–H groups in total. The van der Waals surface area contributed by atoms with E-state index in [9.17, 15) is 0 Å². The summed E-state index contributed by atoms with van der Waals surface area (Å²) in [7, 11) is 0. The number of fused-ring (bicyclic) bond motifs is 5. The fraction of sp³-hybridized carbons (Fsp3) is 0.0909. The number of aromatic nitrogens is 1. The van der Waals surface area contributed by atoms with Crippen LogP contribution in [0.2, 0.25) is 0 Å². The van der Waals surface area contributed by atoms with E-state index in [0.717, 1.165) is 11.3 Å². The van der Waals surface area contributed by atoms with Crippen molar-refractivity contribution >= 4 is 10.9 Å². The van der Waals surface area contributed by atoms with E-state index in [-0.39, 0.29) is 6.23 Å². The van der Waals surface area contributed by atoms with E-state index in [1.165, 1.54) is 27.7 Å². The van der Waals surface area contributed by atoms with Crippen molar-refractivity contribution in [1.29, 1.82) is 0 Å². The van der Waals surface area contributed by atoms with E-state index in [0.29, 0.717) is 0 Å². The molecule has 0 saturated heterocycles. The van der Waals surface area contributed by atoms with Gasteiger partial charge in [-0.3, -0.25) is 0 Å². The lowest BCUT2D eigenvalue weighted by Gasteiger charge is -2.31. The summed E-state index contributed by atoms with van der Waals surface area (Å²) in [5, 5.41) is 1.24. The lowest BCUT2D eigenvalue weighted by Crippen LogP contribution is -2.22. The van der Waals surface area contributed by atoms with Gasteiger partial charge in [-0.15, -0.1) is 0 Å². The zero-order valence-corrected chi connectivity index (χ0v) is 13.4. The van der Waals surface area contributed by atoms with Gasteiger partial charge in [0.1, 0.15) is 5.75 Å². The third-order valence-electron chi connectivity index (χ3n) is 4.78. The topological polar surface area (TPSA) is 14.2 Å². The summed E-state index contributed by atoms with van der Waals surface area (Å²) >= 11 is 0. The number of ether oxygens (including phenoxy) is 1. The summed E-state index contributed by atoms with van der Waals surface area (Å²) in [5.74, 6) is 0.988. The van der Waals surface area contributed by atoms with Gasteiger partial charge in [-0.2, -0.15) is 0 Å². The SMILES string of the molecule is Cc1cccc2c1O[C@@H](c1ccccc1)n1c-2cc2ccccc21. The van der Waals surface area contributed by atoms with Gasteiger partial charge in [0.05, 0.1) is 11.2 Å². The highest BCUT2D eigenvalue weighted by molar-refractivity contribution is 5.89. The van der Waals surface area contributed by atoms with Crippen molar-refractivity contribution < 1.29 is 4.74 Å². The largest absolute Gasteiger partial charge is 0.465 e. The Morgan fingerprint density at radius 3 is 2.50 bits per heavy atom. The van der Waals surface area contributed by atoms with Gasteiger partial charge in [0.15, 0.2) is 0 Å². The van der Waals surface area contributed by atoms with Gasteiger partial charge in [-0.05, 0) is 30.7 Å². The van der Waals surface area contributed by atoms with Gasteiger partial charge >= 0.3 is 0 Å². The molecule has 0 saturated carbocycles. The number of rotatable bonds is 1. The molecule has 0 bridgehead atoms. The number of hydrogen-bond donors (Lipinski definition) is 0. The van der Waals surface area contributed by atoms with Crippen molar-refractivity contribution in [1.82, 2.24) is 4.57 Å². The number of aryl methyl sites for hydroxylation is 1. The molecule has 0 aliphatic carbocycles. The average Bonchev–Trinajstić information content (AvgIpc) is 3.02. The third kappa shape index (κ3) is 1.83. The maximum absolute atomic E-state index is 6.50. The van der Waals surface area contributed by atoms with E-state index >= 15 is 0 Å². The van der Waals surface area contributed by atoms with Gasteiger partial charge in [0.25, 0.3) is 0 Å². The fourth-order valence-corrected chi connectivity index (χ4v) is 3.65. The molecule has 0 spiro atoms. The Morgan fingerprint density at radius 2 is 1.62 bits per heavy atom. The second-order valence-corrected chi connectivity index (χ2v) is 6.29. The summed E-state index contributed by atoms with van der Waals surface area (Å²) in [6.45, 7) is 2.11. The molecule has 2 nitrogen and oxygen atoms in total. The van der Waals surface area contributed by atoms with Crippen molar-refractivity contribution in [2.75, 3.05) is 0 Å². The lowest BCUT2D eigenvalue weighted by molar-refractivity contribution is 0.172. The highest BCUT2D eigenvalue weighted by Crippen LogP contribution is 2.45. The van der Waals surface area contributed by atoms with E-state index < -0.39 is 0 Å². The Balaban J connectivity index is 1.86. The zero-order chi connectivity index (χ0) is 16.1. The molecule has 4 aromatic rings. The predicted molar refractivity (Wildman–Crippen MR) is 97.3 cm³/mol. The van der Waals surface area contributed by atoms with Crippen LogP contribution in [0, 0.1) is 6.92 Å². The van der Waals surface area contributed by atoms with Crippen molar-refractivity contribution in [3.05, 3.63) is 90.0 Å². The molecule has 2 heterocycles. The van der Waals surface area contributed by atoms with Crippen LogP contribution in [0.15, 0.2) is 78.9 Å². The molecule has 0 unspecified atom stereocenters. The molecule has 0 amide bonds. The first-order valence-corrected chi connectivity index (χ1v) is 8.24. The molecule has 1 aromatic heterocycles. The highest BCUT2D eigenvalue weighted by atomic mass is 16.5. The van der Waals surface area contributed by atoms with E-state index in [1.807, 2.05) is 6.07 Å². The average molecular weight is 311 g/mol. The van der Waals surface area contributed by atoms with Gasteiger partial charge in [0, 0.05) is 16.5 Å². The Bertz CT molecular complexity index is 1050. The minimum absolute atomic E-state index is 0.144. The van der Waals surface area contributed by atoms with E-state index in [4.69, 9.17) is 4.74 Å². The van der Waals surface area contributed by atoms with Crippen LogP contribution in [0.4, 0.5) is 0 Å². The molecule has 1 aliphatic rings. The van der Waals surface area contributed by atoms with Gasteiger partial charge in [-0.1, -0.05) is 60.7 Å². The first-order valence-electron chi connectivity index (χ1n) is 8.24. The maximum Gasteiger partial charge on any atom is 0.203 e. The van der Waals surface area contributed by atoms with Gasteiger partial charge in [-0.25, -0.2) is 0 Å². The van der Waals surface area contributed by atoms with E-state index in [1.54, 1.807) is 0 Å². The van der Waals surface area contributed by atoms with Crippen LogP contribution < -0.4 is 4.74 Å². The standard InChI is InChI=1S/C22H17NO/c1-15-8-7-12-18-20-14-17-11-5-6-13-19(17)23(20)22(24-21(15)18)16-9-3-2-4-10-16/h2-14,22H,1H3/t22-/m0/s1. The smallest absolute Gasteiger partial charge is 0.203 e. The Morgan fingerprint density at radius 1 is 0.833 bits per heavy atom. The summed E-state index contributed by atoms with van der Waals surface area (Å²) in [6.07, 6.45) is -0.144. The predicted octanol–water partition coefficient (Wildman–Crippen LogP) is 5.56. The summed E-state index contributed by atoms with van der Waals surface area (Å²) in [5.41, 5.74) is 5.92. The molecule has 24 heavy (non-hydrogen) atoms. The highest BCUT2D eigenvalue weighted by Gasteiger charge is 2.29. The Labute approximate surface area is 140 Å². The van der Waals surface area contributed by atoms with Crippen molar-refractivity contribution in [2.24, 2.45) is 0 Å². The molecule has 1 atom stereocenters. The number of benzene rings is 3. The number of para-hydroxylation sites is 2. The molecule has 5 rings (SSSR count). The van der Waals surface area contributed by atoms with E-state index in [2.05, 4.69) is 84.3 Å². The van der Waals surface area contributed by atoms with Crippen LogP contribution in [-0.2, 0) is 0 Å². The molecule has 1 aliphatic heterocycles. The monoisotopic (exact) mass is 311 g/mol. The third-order valence-corrected chi connectivity index (χ3v) is 4.78. The number of nitrogens with zero attached hydrogens (tertiary/aromatic N) is 1. The molecular formula is C22H17NO. The Hall–Kier alpha value is -3.00. The lowest BCUT2D eigenvalue weighted by atomic mass is 10.0. The zero-order valence-electron chi connectivity index (χ0n) is 13.4. The van der Waals surface area contributed by atoms with Crippen LogP contribution in [0.5, 0.6) is 5.75 Å². The van der Waals surface area contributed by atoms with Crippen LogP contribution in [-0.4, -0.2) is 4.57 Å². The second-order valence-electron chi connectivity index (χ2n) is 6.29. The fourth-order valence-electron chi connectivity index (χ4n) is 3.65. The minimum Gasteiger partial charge on any atom is -0.465 e. The first-order chi connectivity index (χ1) is 11.8. The quantitative estimate of drug-likeness (QED) is 0.449. The molecule has 116 valence electrons. The van der Waals surface area contributed by atoms with Crippen LogP contribution >= 0.6 is 0 Å². The summed E-state index contributed by atoms with van der Waals surface area (Å²) < 4.78 is 8.82. The Kier molecular flexibility index (Phi) is 2.80. The normalized spacial score (nSPS) is 15.6. The molecule has 0 radical (unpaired) electrons.